The number of non-ortho nitro benzene ring substituents is 1. The molecule has 1 aliphatic rings. The number of nitro benzene ring substituents is 1. The molecule has 1 fully saturated rings. The highest BCUT2D eigenvalue weighted by Gasteiger charge is 2.26. The third kappa shape index (κ3) is 7.80. The van der Waals surface area contributed by atoms with Crippen molar-refractivity contribution in [1.82, 2.24) is 10.6 Å². The van der Waals surface area contributed by atoms with Gasteiger partial charge in [-0.3, -0.25) is 24.9 Å². The molecule has 0 aromatic heterocycles. The number of nitro groups is 1. The Bertz CT molecular complexity index is 1380. The summed E-state index contributed by atoms with van der Waals surface area (Å²) < 4.78 is 38.5. The zero-order chi connectivity index (χ0) is 28.7. The number of nitrogens with one attached hydrogen (secondary N) is 3. The zero-order valence-corrected chi connectivity index (χ0v) is 22.6. The highest BCUT2D eigenvalue weighted by Crippen LogP contribution is 2.32. The average Bonchev–Trinajstić information content (AvgIpc) is 2.88. The number of halogens is 1. The van der Waals surface area contributed by atoms with E-state index < -0.39 is 49.5 Å². The van der Waals surface area contributed by atoms with Crippen LogP contribution in [0.1, 0.15) is 49.4 Å². The van der Waals surface area contributed by atoms with Gasteiger partial charge in [-0.1, -0.05) is 30.9 Å². The summed E-state index contributed by atoms with van der Waals surface area (Å²) >= 11 is 6.08. The number of hydrogen-bond donors (Lipinski definition) is 3. The largest absolute Gasteiger partial charge is 0.495 e. The Kier molecular flexibility index (Phi) is 9.70. The molecule has 0 saturated heterocycles. The molecule has 210 valence electrons. The Morgan fingerprint density at radius 1 is 1.10 bits per heavy atom. The van der Waals surface area contributed by atoms with Crippen LogP contribution in [-0.4, -0.2) is 50.5 Å². The van der Waals surface area contributed by atoms with Crippen molar-refractivity contribution >= 4 is 50.9 Å². The third-order valence-corrected chi connectivity index (χ3v) is 7.77. The van der Waals surface area contributed by atoms with Crippen LogP contribution in [0.4, 0.5) is 16.2 Å². The Morgan fingerprint density at radius 2 is 1.79 bits per heavy atom. The van der Waals surface area contributed by atoms with Crippen molar-refractivity contribution in [3.8, 4) is 5.75 Å². The molecule has 1 unspecified atom stereocenters. The fraction of sp³-hybridized carbons (Fsp3) is 0.375. The lowest BCUT2D eigenvalue weighted by Crippen LogP contribution is -2.48. The number of anilines is 1. The topological polar surface area (TPSA) is 183 Å². The number of carbonyl (C=O) groups excluding carboxylic acids is 3. The van der Waals surface area contributed by atoms with Crippen LogP contribution in [0.2, 0.25) is 5.02 Å². The highest BCUT2D eigenvalue weighted by molar-refractivity contribution is 7.92. The number of amides is 3. The van der Waals surface area contributed by atoms with E-state index in [-0.39, 0.29) is 28.1 Å². The number of carbonyl (C=O) groups is 3. The van der Waals surface area contributed by atoms with E-state index in [4.69, 9.17) is 21.1 Å². The molecule has 3 N–H and O–H groups in total. The number of ether oxygens (including phenoxy) is 2. The monoisotopic (exact) mass is 582 g/mol. The maximum Gasteiger partial charge on any atom is 0.338 e. The standard InChI is InChI=1S/C24H27ClN4O9S/c1-14(22(30)27-24(32)26-16-6-4-3-5-7-16)38-23(31)15-8-10-18(25)21(12-15)39(35,36)28-19-13-17(29(33)34)9-11-20(19)37-2/h8-14,16,28H,3-7H2,1-2H3,(H2,26,27,30,32). The predicted octanol–water partition coefficient (Wildman–Crippen LogP) is 3.76. The second-order valence-corrected chi connectivity index (χ2v) is 10.8. The van der Waals surface area contributed by atoms with Crippen LogP contribution >= 0.6 is 11.6 Å². The minimum absolute atomic E-state index is 0.00298. The number of benzene rings is 2. The first kappa shape index (κ1) is 29.6. The van der Waals surface area contributed by atoms with Crippen molar-refractivity contribution in [3.05, 3.63) is 57.1 Å². The van der Waals surface area contributed by atoms with Gasteiger partial charge in [-0.05, 0) is 44.0 Å². The van der Waals surface area contributed by atoms with E-state index in [1.165, 1.54) is 26.2 Å². The van der Waals surface area contributed by atoms with Crippen molar-refractivity contribution < 1.29 is 37.2 Å². The molecule has 0 bridgehead atoms. The fourth-order valence-corrected chi connectivity index (χ4v) is 5.48. The summed E-state index contributed by atoms with van der Waals surface area (Å²) in [7, 11) is -3.22. The minimum atomic E-state index is -4.47. The van der Waals surface area contributed by atoms with Gasteiger partial charge in [0.15, 0.2) is 6.10 Å². The van der Waals surface area contributed by atoms with Crippen molar-refractivity contribution in [1.29, 1.82) is 0 Å². The lowest BCUT2D eigenvalue weighted by Gasteiger charge is -2.23. The molecule has 2 aromatic rings. The number of sulfonamides is 1. The van der Waals surface area contributed by atoms with Gasteiger partial charge in [0.05, 0.1) is 28.3 Å². The van der Waals surface area contributed by atoms with E-state index in [0.29, 0.717) is 0 Å². The van der Waals surface area contributed by atoms with E-state index >= 15 is 0 Å². The summed E-state index contributed by atoms with van der Waals surface area (Å²) in [5, 5.41) is 15.7. The van der Waals surface area contributed by atoms with Crippen molar-refractivity contribution in [2.45, 2.75) is 56.1 Å². The van der Waals surface area contributed by atoms with Crippen LogP contribution in [0, 0.1) is 10.1 Å². The third-order valence-electron chi connectivity index (χ3n) is 5.92. The van der Waals surface area contributed by atoms with Gasteiger partial charge in [0.25, 0.3) is 21.6 Å². The predicted molar refractivity (Wildman–Crippen MR) is 140 cm³/mol. The highest BCUT2D eigenvalue weighted by atomic mass is 35.5. The first-order valence-corrected chi connectivity index (χ1v) is 13.7. The van der Waals surface area contributed by atoms with Crippen molar-refractivity contribution in [2.75, 3.05) is 11.8 Å². The molecule has 1 aliphatic carbocycles. The Balaban J connectivity index is 1.71. The summed E-state index contributed by atoms with van der Waals surface area (Å²) in [6.07, 6.45) is 3.32. The van der Waals surface area contributed by atoms with E-state index in [1.54, 1.807) is 0 Å². The van der Waals surface area contributed by atoms with Gasteiger partial charge in [0.1, 0.15) is 10.6 Å². The smallest absolute Gasteiger partial charge is 0.338 e. The molecule has 3 amide bonds. The van der Waals surface area contributed by atoms with Crippen LogP contribution in [0.25, 0.3) is 0 Å². The summed E-state index contributed by atoms with van der Waals surface area (Å²) in [5.41, 5.74) is -0.874. The summed E-state index contributed by atoms with van der Waals surface area (Å²) in [6.45, 7) is 1.25. The number of nitrogens with zero attached hydrogens (tertiary/aromatic N) is 1. The summed E-state index contributed by atoms with van der Waals surface area (Å²) in [5.74, 6) is -1.91. The molecule has 0 aliphatic heterocycles. The van der Waals surface area contributed by atoms with Crippen LogP contribution < -0.4 is 20.1 Å². The minimum Gasteiger partial charge on any atom is -0.495 e. The fourth-order valence-electron chi connectivity index (χ4n) is 3.89. The van der Waals surface area contributed by atoms with Gasteiger partial charge in [-0.25, -0.2) is 18.0 Å². The van der Waals surface area contributed by atoms with Gasteiger partial charge in [0, 0.05) is 18.2 Å². The Hall–Kier alpha value is -3.91. The van der Waals surface area contributed by atoms with Gasteiger partial charge >= 0.3 is 12.0 Å². The van der Waals surface area contributed by atoms with Gasteiger partial charge < -0.3 is 14.8 Å². The first-order valence-electron chi connectivity index (χ1n) is 11.9. The van der Waals surface area contributed by atoms with Crippen molar-refractivity contribution in [2.24, 2.45) is 0 Å². The average molecular weight is 583 g/mol. The first-order chi connectivity index (χ1) is 18.4. The van der Waals surface area contributed by atoms with Gasteiger partial charge in [-0.15, -0.1) is 0 Å². The maximum atomic E-state index is 13.1. The molecule has 13 nitrogen and oxygen atoms in total. The Labute approximate surface area is 229 Å². The second kappa shape index (κ2) is 12.8. The molecular formula is C24H27ClN4O9S. The zero-order valence-electron chi connectivity index (χ0n) is 21.1. The molecule has 15 heteroatoms. The molecule has 0 spiro atoms. The number of esters is 1. The van der Waals surface area contributed by atoms with Crippen molar-refractivity contribution in [3.63, 3.8) is 0 Å². The number of imide groups is 1. The molecular weight excluding hydrogens is 556 g/mol. The summed E-state index contributed by atoms with van der Waals surface area (Å²) in [4.78, 5) is 47.0. The lowest BCUT2D eigenvalue weighted by atomic mass is 9.96. The quantitative estimate of drug-likeness (QED) is 0.225. The molecule has 0 heterocycles. The molecule has 0 radical (unpaired) electrons. The Morgan fingerprint density at radius 3 is 2.44 bits per heavy atom. The van der Waals surface area contributed by atoms with E-state index in [1.807, 2.05) is 0 Å². The van der Waals surface area contributed by atoms with E-state index in [0.717, 1.165) is 56.4 Å². The lowest BCUT2D eigenvalue weighted by molar-refractivity contribution is -0.384. The number of hydrogen-bond acceptors (Lipinski definition) is 9. The van der Waals surface area contributed by atoms with Crippen LogP contribution in [0.15, 0.2) is 41.3 Å². The molecule has 1 saturated carbocycles. The number of methoxy groups -OCH3 is 1. The van der Waals surface area contributed by atoms with Gasteiger partial charge in [0.2, 0.25) is 0 Å². The molecule has 1 atom stereocenters. The maximum absolute atomic E-state index is 13.1. The number of urea groups is 1. The van der Waals surface area contributed by atoms with Crippen LogP contribution in [0.5, 0.6) is 5.75 Å². The van der Waals surface area contributed by atoms with E-state index in [9.17, 15) is 32.9 Å². The van der Waals surface area contributed by atoms with Crippen LogP contribution in [-0.2, 0) is 19.6 Å². The molecule has 3 rings (SSSR count). The van der Waals surface area contributed by atoms with E-state index in [2.05, 4.69) is 15.4 Å². The summed E-state index contributed by atoms with van der Waals surface area (Å²) in [6, 6.07) is 5.85. The SMILES string of the molecule is COc1ccc([N+](=O)[O-])cc1NS(=O)(=O)c1cc(C(=O)OC(C)C(=O)NC(=O)NC2CCCCC2)ccc1Cl. The number of rotatable bonds is 9. The second-order valence-electron chi connectivity index (χ2n) is 8.74. The van der Waals surface area contributed by atoms with Crippen LogP contribution in [0.3, 0.4) is 0 Å². The molecule has 39 heavy (non-hydrogen) atoms. The van der Waals surface area contributed by atoms with Gasteiger partial charge in [-0.2, -0.15) is 0 Å². The molecule has 2 aromatic carbocycles. The normalized spacial score (nSPS) is 14.5.